The highest BCUT2D eigenvalue weighted by Gasteiger charge is 2.17. The molecule has 0 saturated heterocycles. The lowest BCUT2D eigenvalue weighted by molar-refractivity contribution is 1.18. The largest absolute Gasteiger partial charge is 0.247 e. The van der Waals surface area contributed by atoms with Gasteiger partial charge in [0.25, 0.3) is 0 Å². The number of aromatic nitrogens is 3. The average molecular weight is 592 g/mol. The fraction of sp³-hybridized carbons (Fsp3) is 0. The molecule has 0 aliphatic rings. The Morgan fingerprint density at radius 2 is 0.978 bits per heavy atom. The predicted molar refractivity (Wildman–Crippen MR) is 189 cm³/mol. The van der Waals surface area contributed by atoms with Gasteiger partial charge in [0, 0.05) is 58.6 Å². The molecule has 9 aromatic rings. The number of thiophene rings is 1. The molecule has 0 amide bonds. The van der Waals surface area contributed by atoms with E-state index in [1.54, 1.807) is 0 Å². The van der Waals surface area contributed by atoms with Crippen molar-refractivity contribution in [1.29, 1.82) is 0 Å². The highest BCUT2D eigenvalue weighted by Crippen LogP contribution is 2.43. The second-order valence-electron chi connectivity index (χ2n) is 11.2. The molecule has 0 spiro atoms. The van der Waals surface area contributed by atoms with Gasteiger partial charge >= 0.3 is 0 Å². The van der Waals surface area contributed by atoms with Crippen LogP contribution in [0.1, 0.15) is 0 Å². The SMILES string of the molecule is c1ccc(-c2cc(-c3ccccc3)nc(-c3ccc(-c4nc5ccccc5c5c4ccc4sc6ccccc6c45)cc3)n2)cc1. The van der Waals surface area contributed by atoms with Crippen LogP contribution in [0.2, 0.25) is 0 Å². The first-order valence-corrected chi connectivity index (χ1v) is 15.9. The Bertz CT molecular complexity index is 2460. The van der Waals surface area contributed by atoms with Crippen LogP contribution in [-0.2, 0) is 0 Å². The molecule has 3 aromatic heterocycles. The molecule has 45 heavy (non-hydrogen) atoms. The zero-order chi connectivity index (χ0) is 29.7. The van der Waals surface area contributed by atoms with E-state index < -0.39 is 0 Å². The Morgan fingerprint density at radius 3 is 1.69 bits per heavy atom. The Hall–Kier alpha value is -5.71. The third-order valence-corrected chi connectivity index (χ3v) is 9.62. The van der Waals surface area contributed by atoms with Crippen LogP contribution >= 0.6 is 11.3 Å². The Morgan fingerprint density at radius 1 is 0.378 bits per heavy atom. The number of hydrogen-bond acceptors (Lipinski definition) is 4. The molecule has 0 aliphatic heterocycles. The zero-order valence-corrected chi connectivity index (χ0v) is 25.0. The van der Waals surface area contributed by atoms with E-state index in [9.17, 15) is 0 Å². The highest BCUT2D eigenvalue weighted by atomic mass is 32.1. The normalized spacial score (nSPS) is 11.6. The third kappa shape index (κ3) is 4.38. The number of rotatable bonds is 4. The van der Waals surface area contributed by atoms with E-state index in [4.69, 9.17) is 15.0 Å². The fourth-order valence-electron chi connectivity index (χ4n) is 6.34. The van der Waals surface area contributed by atoms with Gasteiger partial charge in [-0.25, -0.2) is 15.0 Å². The summed E-state index contributed by atoms with van der Waals surface area (Å²) in [7, 11) is 0. The summed E-state index contributed by atoms with van der Waals surface area (Å²) in [6.07, 6.45) is 0. The molecular weight excluding hydrogens is 567 g/mol. The molecule has 3 nitrogen and oxygen atoms in total. The van der Waals surface area contributed by atoms with Gasteiger partial charge in [-0.2, -0.15) is 0 Å². The molecule has 0 aliphatic carbocycles. The number of pyridine rings is 1. The van der Waals surface area contributed by atoms with Crippen LogP contribution in [0.5, 0.6) is 0 Å². The molecular formula is C41H25N3S. The zero-order valence-electron chi connectivity index (χ0n) is 24.2. The summed E-state index contributed by atoms with van der Waals surface area (Å²) in [5, 5.41) is 6.21. The smallest absolute Gasteiger partial charge is 0.160 e. The van der Waals surface area contributed by atoms with Crippen LogP contribution in [0.3, 0.4) is 0 Å². The average Bonchev–Trinajstić information content (AvgIpc) is 3.51. The van der Waals surface area contributed by atoms with Crippen molar-refractivity contribution in [2.75, 3.05) is 0 Å². The van der Waals surface area contributed by atoms with Gasteiger partial charge in [0.15, 0.2) is 5.82 Å². The monoisotopic (exact) mass is 591 g/mol. The molecule has 0 atom stereocenters. The molecule has 0 N–H and O–H groups in total. The van der Waals surface area contributed by atoms with Crippen molar-refractivity contribution < 1.29 is 0 Å². The molecule has 0 unspecified atom stereocenters. The van der Waals surface area contributed by atoms with Crippen LogP contribution in [0, 0.1) is 0 Å². The van der Waals surface area contributed by atoms with Crippen LogP contribution in [0.25, 0.3) is 87.0 Å². The number of para-hydroxylation sites is 1. The van der Waals surface area contributed by atoms with Crippen molar-refractivity contribution in [3.63, 3.8) is 0 Å². The maximum absolute atomic E-state index is 5.23. The van der Waals surface area contributed by atoms with Gasteiger partial charge in [0.05, 0.1) is 22.6 Å². The lowest BCUT2D eigenvalue weighted by atomic mass is 9.96. The number of nitrogens with zero attached hydrogens (tertiary/aromatic N) is 3. The van der Waals surface area contributed by atoms with Gasteiger partial charge in [-0.1, -0.05) is 127 Å². The van der Waals surface area contributed by atoms with Crippen molar-refractivity contribution in [3.8, 4) is 45.2 Å². The molecule has 3 heterocycles. The van der Waals surface area contributed by atoms with Gasteiger partial charge in [0.1, 0.15) is 0 Å². The van der Waals surface area contributed by atoms with Gasteiger partial charge in [0.2, 0.25) is 0 Å². The summed E-state index contributed by atoms with van der Waals surface area (Å²) >= 11 is 1.85. The Balaban J connectivity index is 1.22. The van der Waals surface area contributed by atoms with Gasteiger partial charge in [-0.15, -0.1) is 11.3 Å². The molecule has 210 valence electrons. The van der Waals surface area contributed by atoms with Gasteiger partial charge < -0.3 is 0 Å². The van der Waals surface area contributed by atoms with Crippen LogP contribution in [0.15, 0.2) is 152 Å². The van der Waals surface area contributed by atoms with E-state index in [1.165, 1.54) is 30.9 Å². The van der Waals surface area contributed by atoms with Crippen LogP contribution in [-0.4, -0.2) is 15.0 Å². The molecule has 9 rings (SSSR count). The van der Waals surface area contributed by atoms with E-state index >= 15 is 0 Å². The number of hydrogen-bond donors (Lipinski definition) is 0. The molecule has 0 fully saturated rings. The van der Waals surface area contributed by atoms with E-state index in [0.29, 0.717) is 5.82 Å². The van der Waals surface area contributed by atoms with Crippen LogP contribution in [0.4, 0.5) is 0 Å². The molecule has 6 aromatic carbocycles. The summed E-state index contributed by atoms with van der Waals surface area (Å²) in [6.45, 7) is 0. The third-order valence-electron chi connectivity index (χ3n) is 8.49. The van der Waals surface area contributed by atoms with E-state index in [1.807, 2.05) is 47.7 Å². The van der Waals surface area contributed by atoms with E-state index in [2.05, 4.69) is 115 Å². The standard InChI is InChI=1S/C41H25N3S/c1-3-11-26(12-4-1)34-25-35(27-13-5-2-6-14-27)44-41(43-34)29-21-19-28(20-22-29)40-32-23-24-37-39(31-16-8-10-18-36(31)45-37)38(32)30-15-7-9-17-33(30)42-40/h1-25H. The van der Waals surface area contributed by atoms with E-state index in [0.717, 1.165) is 50.2 Å². The molecule has 0 saturated carbocycles. The van der Waals surface area contributed by atoms with E-state index in [-0.39, 0.29) is 0 Å². The fourth-order valence-corrected chi connectivity index (χ4v) is 7.46. The quantitative estimate of drug-likeness (QED) is 0.191. The van der Waals surface area contributed by atoms with Gasteiger partial charge in [-0.05, 0) is 24.3 Å². The maximum Gasteiger partial charge on any atom is 0.160 e. The van der Waals surface area contributed by atoms with Crippen molar-refractivity contribution in [2.45, 2.75) is 0 Å². The first-order valence-electron chi connectivity index (χ1n) is 15.0. The minimum atomic E-state index is 0.699. The summed E-state index contributed by atoms with van der Waals surface area (Å²) in [5.41, 5.74) is 7.94. The van der Waals surface area contributed by atoms with Crippen molar-refractivity contribution in [3.05, 3.63) is 152 Å². The lowest BCUT2D eigenvalue weighted by Crippen LogP contribution is -1.96. The van der Waals surface area contributed by atoms with Gasteiger partial charge in [-0.3, -0.25) is 0 Å². The Labute approximate surface area is 264 Å². The molecule has 0 bridgehead atoms. The summed E-state index contributed by atoms with van der Waals surface area (Å²) in [5.74, 6) is 0.699. The Kier molecular flexibility index (Phi) is 6.00. The molecule has 0 radical (unpaired) electrons. The number of fused-ring (bicyclic) bond motifs is 7. The predicted octanol–water partition coefficient (Wildman–Crippen LogP) is 11.2. The molecule has 4 heteroatoms. The minimum absolute atomic E-state index is 0.699. The second kappa shape index (κ2) is 10.5. The minimum Gasteiger partial charge on any atom is -0.247 e. The summed E-state index contributed by atoms with van der Waals surface area (Å²) in [4.78, 5) is 15.3. The highest BCUT2D eigenvalue weighted by molar-refractivity contribution is 7.26. The summed E-state index contributed by atoms with van der Waals surface area (Å²) in [6, 6.07) is 52.9. The van der Waals surface area contributed by atoms with Crippen LogP contribution < -0.4 is 0 Å². The van der Waals surface area contributed by atoms with Crippen molar-refractivity contribution in [1.82, 2.24) is 15.0 Å². The second-order valence-corrected chi connectivity index (χ2v) is 12.3. The van der Waals surface area contributed by atoms with Crippen molar-refractivity contribution >= 4 is 53.2 Å². The first-order chi connectivity index (χ1) is 22.3. The topological polar surface area (TPSA) is 38.7 Å². The first kappa shape index (κ1) is 25.8. The maximum atomic E-state index is 5.23. The van der Waals surface area contributed by atoms with Crippen molar-refractivity contribution in [2.24, 2.45) is 0 Å². The number of benzene rings is 6. The summed E-state index contributed by atoms with van der Waals surface area (Å²) < 4.78 is 2.60. The lowest BCUT2D eigenvalue weighted by Gasteiger charge is -2.13.